The Morgan fingerprint density at radius 2 is 1.90 bits per heavy atom. The van der Waals surface area contributed by atoms with Crippen LogP contribution in [0.3, 0.4) is 0 Å². The van der Waals surface area contributed by atoms with Crippen molar-refractivity contribution in [3.63, 3.8) is 0 Å². The molecule has 6 heteroatoms. The van der Waals surface area contributed by atoms with Gasteiger partial charge in [-0.05, 0) is 68.3 Å². The average Bonchev–Trinajstić information content (AvgIpc) is 3.31. The lowest BCUT2D eigenvalue weighted by atomic mass is 9.90. The third-order valence-corrected chi connectivity index (χ3v) is 8.44. The Morgan fingerprint density at radius 1 is 1.16 bits per heavy atom. The number of hydrogen-bond acceptors (Lipinski definition) is 5. The summed E-state index contributed by atoms with van der Waals surface area (Å²) in [5.74, 6) is 0.364. The van der Waals surface area contributed by atoms with E-state index < -0.39 is 0 Å². The van der Waals surface area contributed by atoms with E-state index in [1.165, 1.54) is 15.3 Å². The summed E-state index contributed by atoms with van der Waals surface area (Å²) >= 11 is 3.50. The van der Waals surface area contributed by atoms with Crippen LogP contribution >= 0.6 is 23.1 Å². The summed E-state index contributed by atoms with van der Waals surface area (Å²) in [6.07, 6.45) is 7.34. The standard InChI is InChI=1S/C25H27N3OS2/c1-30-20-9-7-19(8-10-20)27-23(29)22-15-25(22)11-13-28(14-12-25)17-21-16-26-24(31-21)18-5-3-2-4-6-18/h2-10,16,22H,11-15,17H2,1H3,(H,27,29)/t22-/m1/s1. The van der Waals surface area contributed by atoms with Crippen LogP contribution in [0.4, 0.5) is 5.69 Å². The van der Waals surface area contributed by atoms with Crippen molar-refractivity contribution in [3.05, 3.63) is 65.7 Å². The minimum atomic E-state index is 0.169. The summed E-state index contributed by atoms with van der Waals surface area (Å²) in [6.45, 7) is 3.08. The van der Waals surface area contributed by atoms with Crippen LogP contribution in [0.2, 0.25) is 0 Å². The van der Waals surface area contributed by atoms with E-state index in [0.29, 0.717) is 0 Å². The second-order valence-electron chi connectivity index (χ2n) is 8.61. The van der Waals surface area contributed by atoms with Crippen LogP contribution < -0.4 is 5.32 Å². The molecule has 1 saturated heterocycles. The van der Waals surface area contributed by atoms with Gasteiger partial charge in [0.25, 0.3) is 0 Å². The SMILES string of the molecule is CSc1ccc(NC(=O)[C@H]2CC23CCN(Cc2cnc(-c4ccccc4)s2)CC3)cc1. The molecule has 3 aromatic rings. The van der Waals surface area contributed by atoms with Gasteiger partial charge in [0.05, 0.1) is 0 Å². The first-order chi connectivity index (χ1) is 15.1. The zero-order valence-electron chi connectivity index (χ0n) is 17.7. The minimum Gasteiger partial charge on any atom is -0.326 e. The monoisotopic (exact) mass is 449 g/mol. The van der Waals surface area contributed by atoms with E-state index in [1.807, 2.05) is 24.4 Å². The molecule has 1 spiro atoms. The number of likely N-dealkylation sites (tertiary alicyclic amines) is 1. The number of amides is 1. The lowest BCUT2D eigenvalue weighted by Gasteiger charge is -2.32. The summed E-state index contributed by atoms with van der Waals surface area (Å²) in [5, 5.41) is 4.22. The van der Waals surface area contributed by atoms with Crippen molar-refractivity contribution in [1.29, 1.82) is 0 Å². The van der Waals surface area contributed by atoms with E-state index in [-0.39, 0.29) is 17.2 Å². The smallest absolute Gasteiger partial charge is 0.228 e. The number of hydrogen-bond donors (Lipinski definition) is 1. The molecule has 1 aromatic heterocycles. The van der Waals surface area contributed by atoms with E-state index in [0.717, 1.165) is 49.6 Å². The van der Waals surface area contributed by atoms with Gasteiger partial charge in [-0.15, -0.1) is 23.1 Å². The van der Waals surface area contributed by atoms with Gasteiger partial charge in [-0.2, -0.15) is 0 Å². The molecule has 1 atom stereocenters. The molecule has 1 aliphatic carbocycles. The fourth-order valence-electron chi connectivity index (χ4n) is 4.65. The zero-order valence-corrected chi connectivity index (χ0v) is 19.3. The van der Waals surface area contributed by atoms with Crippen LogP contribution in [0.5, 0.6) is 0 Å². The second-order valence-corrected chi connectivity index (χ2v) is 10.6. The van der Waals surface area contributed by atoms with Crippen molar-refractivity contribution >= 4 is 34.7 Å². The Labute approximate surface area is 192 Å². The van der Waals surface area contributed by atoms with E-state index >= 15 is 0 Å². The molecule has 160 valence electrons. The van der Waals surface area contributed by atoms with Crippen molar-refractivity contribution in [1.82, 2.24) is 9.88 Å². The molecule has 31 heavy (non-hydrogen) atoms. The van der Waals surface area contributed by atoms with E-state index in [9.17, 15) is 4.79 Å². The summed E-state index contributed by atoms with van der Waals surface area (Å²) in [6, 6.07) is 18.5. The Balaban J connectivity index is 1.12. The van der Waals surface area contributed by atoms with Crippen molar-refractivity contribution in [2.75, 3.05) is 24.7 Å². The molecular weight excluding hydrogens is 422 g/mol. The highest BCUT2D eigenvalue weighted by molar-refractivity contribution is 7.98. The number of aromatic nitrogens is 1. The summed E-state index contributed by atoms with van der Waals surface area (Å²) in [5.41, 5.74) is 2.32. The van der Waals surface area contributed by atoms with Gasteiger partial charge in [0.1, 0.15) is 5.01 Å². The Kier molecular flexibility index (Phi) is 5.87. The topological polar surface area (TPSA) is 45.2 Å². The number of carbonyl (C=O) groups excluding carboxylic acids is 1. The highest BCUT2D eigenvalue weighted by atomic mass is 32.2. The van der Waals surface area contributed by atoms with Crippen molar-refractivity contribution in [3.8, 4) is 10.6 Å². The van der Waals surface area contributed by atoms with Gasteiger partial charge in [0.2, 0.25) is 5.91 Å². The number of nitrogens with zero attached hydrogens (tertiary/aromatic N) is 2. The third-order valence-electron chi connectivity index (χ3n) is 6.67. The van der Waals surface area contributed by atoms with Crippen LogP contribution in [-0.4, -0.2) is 35.1 Å². The number of nitrogens with one attached hydrogen (secondary N) is 1. The van der Waals surface area contributed by atoms with Gasteiger partial charge in [-0.3, -0.25) is 9.69 Å². The van der Waals surface area contributed by atoms with Crippen molar-refractivity contribution < 1.29 is 4.79 Å². The van der Waals surface area contributed by atoms with Gasteiger partial charge in [0, 0.05) is 39.7 Å². The molecule has 2 aliphatic rings. The van der Waals surface area contributed by atoms with Crippen LogP contribution in [0.25, 0.3) is 10.6 Å². The first kappa shape index (κ1) is 20.7. The molecule has 4 nitrogen and oxygen atoms in total. The maximum absolute atomic E-state index is 12.8. The predicted octanol–water partition coefficient (Wildman–Crippen LogP) is 5.77. The summed E-state index contributed by atoms with van der Waals surface area (Å²) in [7, 11) is 0. The molecule has 0 unspecified atom stereocenters. The molecule has 1 saturated carbocycles. The Morgan fingerprint density at radius 3 is 2.61 bits per heavy atom. The number of benzene rings is 2. The largest absolute Gasteiger partial charge is 0.326 e. The Bertz CT molecular complexity index is 1040. The molecule has 2 fully saturated rings. The van der Waals surface area contributed by atoms with Gasteiger partial charge in [-0.25, -0.2) is 4.98 Å². The van der Waals surface area contributed by atoms with Crippen LogP contribution in [0, 0.1) is 11.3 Å². The molecule has 0 radical (unpaired) electrons. The average molecular weight is 450 g/mol. The number of anilines is 1. The maximum Gasteiger partial charge on any atom is 0.228 e. The normalized spacial score (nSPS) is 20.0. The minimum absolute atomic E-state index is 0.169. The fraction of sp³-hybridized carbons (Fsp3) is 0.360. The fourth-order valence-corrected chi connectivity index (χ4v) is 6.01. The van der Waals surface area contributed by atoms with Gasteiger partial charge < -0.3 is 5.32 Å². The molecule has 0 bridgehead atoms. The van der Waals surface area contributed by atoms with Gasteiger partial charge >= 0.3 is 0 Å². The van der Waals surface area contributed by atoms with Crippen molar-refractivity contribution in [2.45, 2.75) is 30.7 Å². The molecule has 2 aromatic carbocycles. The lowest BCUT2D eigenvalue weighted by molar-refractivity contribution is -0.118. The quantitative estimate of drug-likeness (QED) is 0.485. The summed E-state index contributed by atoms with van der Waals surface area (Å²) in [4.78, 5) is 22.4. The van der Waals surface area contributed by atoms with Crippen LogP contribution in [0.15, 0.2) is 65.7 Å². The van der Waals surface area contributed by atoms with E-state index in [4.69, 9.17) is 0 Å². The van der Waals surface area contributed by atoms with Crippen molar-refractivity contribution in [2.24, 2.45) is 11.3 Å². The summed E-state index contributed by atoms with van der Waals surface area (Å²) < 4.78 is 0. The third kappa shape index (κ3) is 4.56. The number of thiazole rings is 1. The number of rotatable bonds is 6. The van der Waals surface area contributed by atoms with Gasteiger partial charge in [-0.1, -0.05) is 30.3 Å². The molecule has 1 aliphatic heterocycles. The molecular formula is C25H27N3OS2. The first-order valence-corrected chi connectivity index (χ1v) is 12.9. The van der Waals surface area contributed by atoms with Gasteiger partial charge in [0.15, 0.2) is 0 Å². The van der Waals surface area contributed by atoms with Crippen LogP contribution in [-0.2, 0) is 11.3 Å². The first-order valence-electron chi connectivity index (χ1n) is 10.8. The molecule has 1 N–H and O–H groups in total. The molecule has 2 heterocycles. The number of piperidine rings is 1. The number of carbonyl (C=O) groups is 1. The van der Waals surface area contributed by atoms with Crippen LogP contribution in [0.1, 0.15) is 24.1 Å². The Hall–Kier alpha value is -2.15. The molecule has 5 rings (SSSR count). The molecule has 1 amide bonds. The second kappa shape index (κ2) is 8.77. The van der Waals surface area contributed by atoms with E-state index in [2.05, 4.69) is 57.9 Å². The maximum atomic E-state index is 12.8. The highest BCUT2D eigenvalue weighted by Crippen LogP contribution is 2.59. The van der Waals surface area contributed by atoms with E-state index in [1.54, 1.807) is 23.1 Å². The predicted molar refractivity (Wildman–Crippen MR) is 129 cm³/mol. The number of thioether (sulfide) groups is 1. The lowest BCUT2D eigenvalue weighted by Crippen LogP contribution is -2.35. The highest BCUT2D eigenvalue weighted by Gasteiger charge is 2.58. The zero-order chi connectivity index (χ0) is 21.3.